The Bertz CT molecular complexity index is 1220. The minimum atomic E-state index is -4.25. The molecule has 31 heavy (non-hydrogen) atoms. The number of methoxy groups -OCH3 is 1. The second kappa shape index (κ2) is 9.00. The van der Waals surface area contributed by atoms with Crippen molar-refractivity contribution < 1.29 is 26.9 Å². The van der Waals surface area contributed by atoms with Crippen LogP contribution < -0.4 is 20.0 Å². The summed E-state index contributed by atoms with van der Waals surface area (Å²) >= 11 is 7.25. The number of amidine groups is 1. The van der Waals surface area contributed by atoms with E-state index in [2.05, 4.69) is 10.3 Å². The highest BCUT2D eigenvalue weighted by molar-refractivity contribution is 8.18. The molecule has 0 saturated carbocycles. The first kappa shape index (κ1) is 22.7. The smallest absolute Gasteiger partial charge is 0.339 e. The van der Waals surface area contributed by atoms with Crippen molar-refractivity contribution in [3.63, 3.8) is 0 Å². The lowest BCUT2D eigenvalue weighted by molar-refractivity contribution is -0.114. The number of ether oxygens (including phenoxy) is 1. The Morgan fingerprint density at radius 3 is 2.48 bits per heavy atom. The van der Waals surface area contributed by atoms with E-state index in [-0.39, 0.29) is 37.4 Å². The summed E-state index contributed by atoms with van der Waals surface area (Å²) in [4.78, 5) is 26.6. The van der Waals surface area contributed by atoms with Crippen LogP contribution in [0.5, 0.6) is 11.5 Å². The molecule has 2 aromatic rings. The number of nitrogens with one attached hydrogen (secondary N) is 1. The zero-order valence-corrected chi connectivity index (χ0v) is 18.6. The first-order valence-corrected chi connectivity index (χ1v) is 11.2. The summed E-state index contributed by atoms with van der Waals surface area (Å²) in [6, 6.07) is 8.31. The molecular weight excluding hydrogens is 466 g/mol. The number of nitrogens with two attached hydrogens (primary N) is 1. The maximum atomic E-state index is 12.7. The maximum absolute atomic E-state index is 12.7. The zero-order chi connectivity index (χ0) is 22.8. The first-order chi connectivity index (χ1) is 14.6. The number of rotatable bonds is 6. The van der Waals surface area contributed by atoms with Crippen molar-refractivity contribution in [1.82, 2.24) is 0 Å². The normalized spacial score (nSPS) is 15.0. The predicted octanol–water partition coefficient (Wildman–Crippen LogP) is 3.00. The number of hydrogen-bond acceptors (Lipinski definition) is 8. The first-order valence-electron chi connectivity index (χ1n) is 8.57. The van der Waals surface area contributed by atoms with Gasteiger partial charge >= 0.3 is 10.1 Å². The number of hydrogen-bond donors (Lipinski definition) is 2. The molecule has 0 aliphatic carbocycles. The average Bonchev–Trinajstić information content (AvgIpc) is 3.00. The van der Waals surface area contributed by atoms with Crippen molar-refractivity contribution in [3.05, 3.63) is 51.9 Å². The van der Waals surface area contributed by atoms with Gasteiger partial charge in [-0.05, 0) is 59.8 Å². The zero-order valence-electron chi connectivity index (χ0n) is 16.2. The van der Waals surface area contributed by atoms with Crippen LogP contribution in [0.3, 0.4) is 0 Å². The van der Waals surface area contributed by atoms with Gasteiger partial charge in [0, 0.05) is 12.6 Å². The van der Waals surface area contributed by atoms with Gasteiger partial charge in [0.15, 0.2) is 10.9 Å². The Kier molecular flexibility index (Phi) is 6.58. The van der Waals surface area contributed by atoms with Gasteiger partial charge in [-0.1, -0.05) is 11.6 Å². The lowest BCUT2D eigenvalue weighted by Crippen LogP contribution is -2.11. The van der Waals surface area contributed by atoms with E-state index in [0.29, 0.717) is 11.3 Å². The topological polar surface area (TPSA) is 137 Å². The van der Waals surface area contributed by atoms with E-state index >= 15 is 0 Å². The summed E-state index contributed by atoms with van der Waals surface area (Å²) < 4.78 is 35.8. The Morgan fingerprint density at radius 1 is 1.26 bits per heavy atom. The number of nitrogens with zero attached hydrogens (tertiary/aromatic N) is 1. The Balaban J connectivity index is 1.89. The highest BCUT2D eigenvalue weighted by Gasteiger charge is 2.24. The molecule has 162 valence electrons. The van der Waals surface area contributed by atoms with Crippen LogP contribution in [0.1, 0.15) is 12.5 Å². The SMILES string of the molecule is COc1cc(C=C2SC(N)=NC2=O)cc(Cl)c1OS(=O)(=O)c1ccc(NC(C)=O)cc1. The molecular formula is C19H16ClN3O6S2. The van der Waals surface area contributed by atoms with Crippen molar-refractivity contribution in [2.24, 2.45) is 10.7 Å². The quantitative estimate of drug-likeness (QED) is 0.474. The fourth-order valence-electron chi connectivity index (χ4n) is 2.55. The number of amides is 2. The third-order valence-electron chi connectivity index (χ3n) is 3.84. The fraction of sp³-hybridized carbons (Fsp3) is 0.105. The highest BCUT2D eigenvalue weighted by Crippen LogP contribution is 2.39. The largest absolute Gasteiger partial charge is 0.493 e. The molecule has 3 rings (SSSR count). The minimum Gasteiger partial charge on any atom is -0.493 e. The molecule has 1 aliphatic heterocycles. The molecule has 3 N–H and O–H groups in total. The predicted molar refractivity (Wildman–Crippen MR) is 119 cm³/mol. The molecule has 0 radical (unpaired) electrons. The van der Waals surface area contributed by atoms with Gasteiger partial charge in [-0.3, -0.25) is 9.59 Å². The second-order valence-electron chi connectivity index (χ2n) is 6.14. The average molecular weight is 482 g/mol. The molecule has 0 bridgehead atoms. The van der Waals surface area contributed by atoms with Crippen molar-refractivity contribution in [2.75, 3.05) is 12.4 Å². The molecule has 9 nitrogen and oxygen atoms in total. The summed E-state index contributed by atoms with van der Waals surface area (Å²) in [6.07, 6.45) is 1.50. The number of halogens is 1. The Morgan fingerprint density at radius 2 is 1.94 bits per heavy atom. The monoisotopic (exact) mass is 481 g/mol. The van der Waals surface area contributed by atoms with Gasteiger partial charge in [0.1, 0.15) is 4.90 Å². The van der Waals surface area contributed by atoms with Crippen LogP contribution in [-0.4, -0.2) is 32.5 Å². The summed E-state index contributed by atoms with van der Waals surface area (Å²) in [5.41, 5.74) is 6.43. The second-order valence-corrected chi connectivity index (χ2v) is 9.16. The van der Waals surface area contributed by atoms with Crippen LogP contribution in [0.25, 0.3) is 6.08 Å². The van der Waals surface area contributed by atoms with Gasteiger partial charge in [-0.2, -0.15) is 13.4 Å². The van der Waals surface area contributed by atoms with Gasteiger partial charge in [-0.15, -0.1) is 0 Å². The summed E-state index contributed by atoms with van der Waals surface area (Å²) in [5.74, 6) is -0.936. The van der Waals surface area contributed by atoms with E-state index in [9.17, 15) is 18.0 Å². The van der Waals surface area contributed by atoms with Crippen molar-refractivity contribution >= 4 is 62.2 Å². The summed E-state index contributed by atoms with van der Waals surface area (Å²) in [6.45, 7) is 1.34. The highest BCUT2D eigenvalue weighted by atomic mass is 35.5. The maximum Gasteiger partial charge on any atom is 0.339 e. The molecule has 0 unspecified atom stereocenters. The van der Waals surface area contributed by atoms with Gasteiger partial charge in [-0.25, -0.2) is 0 Å². The molecule has 0 atom stereocenters. The van der Waals surface area contributed by atoms with Crippen LogP contribution in [0.2, 0.25) is 5.02 Å². The van der Waals surface area contributed by atoms with Crippen molar-refractivity contribution in [1.29, 1.82) is 0 Å². The molecule has 1 heterocycles. The molecule has 0 spiro atoms. The number of carbonyl (C=O) groups excluding carboxylic acids is 2. The van der Waals surface area contributed by atoms with Crippen molar-refractivity contribution in [3.8, 4) is 11.5 Å². The van der Waals surface area contributed by atoms with Gasteiger partial charge in [0.05, 0.1) is 17.0 Å². The number of thioether (sulfide) groups is 1. The lowest BCUT2D eigenvalue weighted by Gasteiger charge is -2.13. The van der Waals surface area contributed by atoms with Gasteiger partial charge in [0.2, 0.25) is 11.7 Å². The van der Waals surface area contributed by atoms with E-state index in [1.165, 1.54) is 56.5 Å². The third-order valence-corrected chi connectivity index (χ3v) is 6.17. The van der Waals surface area contributed by atoms with Gasteiger partial charge in [0.25, 0.3) is 5.91 Å². The van der Waals surface area contributed by atoms with Gasteiger partial charge < -0.3 is 20.0 Å². The molecule has 0 saturated heterocycles. The van der Waals surface area contributed by atoms with Crippen LogP contribution in [0, 0.1) is 0 Å². The van der Waals surface area contributed by atoms with Crippen molar-refractivity contribution in [2.45, 2.75) is 11.8 Å². The number of carbonyl (C=O) groups is 2. The fourth-order valence-corrected chi connectivity index (χ4v) is 4.49. The molecule has 1 aliphatic rings. The number of benzene rings is 2. The molecule has 0 fully saturated rings. The molecule has 12 heteroatoms. The third kappa shape index (κ3) is 5.37. The van der Waals surface area contributed by atoms with E-state index in [1.54, 1.807) is 0 Å². The molecule has 0 aromatic heterocycles. The summed E-state index contributed by atoms with van der Waals surface area (Å²) in [7, 11) is -2.93. The van der Waals surface area contributed by atoms with Crippen LogP contribution in [0.15, 0.2) is 51.2 Å². The van der Waals surface area contributed by atoms with E-state index in [0.717, 1.165) is 11.8 Å². The Hall–Kier alpha value is -3.02. The standard InChI is InChI=1S/C19H16ClN3O6S2/c1-10(24)22-12-3-5-13(6-4-12)31(26,27)29-17-14(20)7-11(8-15(17)28-2)9-16-18(25)23-19(21)30-16/h3-9H,1-2H3,(H,22,24)(H2,21,23,25). The van der Waals surface area contributed by atoms with E-state index in [1.807, 2.05) is 0 Å². The number of aliphatic imine (C=N–C) groups is 1. The lowest BCUT2D eigenvalue weighted by atomic mass is 10.2. The minimum absolute atomic E-state index is 0.0436. The number of anilines is 1. The van der Waals surface area contributed by atoms with Crippen LogP contribution >= 0.6 is 23.4 Å². The molecule has 2 aromatic carbocycles. The van der Waals surface area contributed by atoms with Crippen LogP contribution in [-0.2, 0) is 19.7 Å². The van der Waals surface area contributed by atoms with E-state index in [4.69, 9.17) is 26.3 Å². The van der Waals surface area contributed by atoms with Crippen LogP contribution in [0.4, 0.5) is 5.69 Å². The Labute approximate surface area is 187 Å². The summed E-state index contributed by atoms with van der Waals surface area (Å²) in [5, 5.41) is 2.62. The molecule has 2 amide bonds. The van der Waals surface area contributed by atoms with E-state index < -0.39 is 16.0 Å².